The summed E-state index contributed by atoms with van der Waals surface area (Å²) in [6.45, 7) is 2.07. The van der Waals surface area contributed by atoms with Gasteiger partial charge in [-0.2, -0.15) is 0 Å². The van der Waals surface area contributed by atoms with Gasteiger partial charge in [0.2, 0.25) is 5.24 Å². The lowest BCUT2D eigenvalue weighted by atomic mass is 10.2. The molecule has 0 N–H and O–H groups in total. The molecule has 1 aromatic carbocycles. The third kappa shape index (κ3) is 2.69. The SMILES string of the molecule is Cc1ccc(SC2=C(C(=O)Cl)CCC2)cc1. The van der Waals surface area contributed by atoms with Crippen LogP contribution in [0.25, 0.3) is 0 Å². The van der Waals surface area contributed by atoms with Crippen LogP contribution in [0.3, 0.4) is 0 Å². The third-order valence-corrected chi connectivity index (χ3v) is 4.10. The number of hydrogen-bond donors (Lipinski definition) is 0. The van der Waals surface area contributed by atoms with Gasteiger partial charge in [0.25, 0.3) is 0 Å². The van der Waals surface area contributed by atoms with Crippen molar-refractivity contribution >= 4 is 28.6 Å². The Balaban J connectivity index is 2.18. The van der Waals surface area contributed by atoms with Crippen LogP contribution in [0.5, 0.6) is 0 Å². The fourth-order valence-corrected chi connectivity index (χ4v) is 3.17. The van der Waals surface area contributed by atoms with Crippen molar-refractivity contribution in [1.29, 1.82) is 0 Å². The molecule has 0 aliphatic heterocycles. The number of thioether (sulfide) groups is 1. The lowest BCUT2D eigenvalue weighted by Crippen LogP contribution is -1.90. The number of carbonyl (C=O) groups is 1. The Labute approximate surface area is 105 Å². The van der Waals surface area contributed by atoms with E-state index in [1.54, 1.807) is 11.8 Å². The molecule has 0 spiro atoms. The van der Waals surface area contributed by atoms with Crippen LogP contribution >= 0.6 is 23.4 Å². The predicted octanol–water partition coefficient (Wildman–Crippen LogP) is 4.29. The number of benzene rings is 1. The molecule has 1 aliphatic rings. The summed E-state index contributed by atoms with van der Waals surface area (Å²) in [5, 5.41) is -0.285. The molecule has 2 rings (SSSR count). The summed E-state index contributed by atoms with van der Waals surface area (Å²) in [6, 6.07) is 8.34. The van der Waals surface area contributed by atoms with Gasteiger partial charge in [0.05, 0.1) is 0 Å². The van der Waals surface area contributed by atoms with Crippen LogP contribution in [0.1, 0.15) is 24.8 Å². The summed E-state index contributed by atoms with van der Waals surface area (Å²) in [5.41, 5.74) is 2.06. The quantitative estimate of drug-likeness (QED) is 0.747. The van der Waals surface area contributed by atoms with Crippen molar-refractivity contribution in [2.24, 2.45) is 0 Å². The van der Waals surface area contributed by atoms with E-state index in [0.29, 0.717) is 0 Å². The highest BCUT2D eigenvalue weighted by molar-refractivity contribution is 8.03. The van der Waals surface area contributed by atoms with Gasteiger partial charge < -0.3 is 0 Å². The Morgan fingerprint density at radius 2 is 1.94 bits per heavy atom. The van der Waals surface area contributed by atoms with Crippen LogP contribution in [-0.4, -0.2) is 5.24 Å². The summed E-state index contributed by atoms with van der Waals surface area (Å²) < 4.78 is 0. The van der Waals surface area contributed by atoms with Crippen molar-refractivity contribution in [3.05, 3.63) is 40.3 Å². The Hall–Kier alpha value is -0.730. The van der Waals surface area contributed by atoms with Gasteiger partial charge in [0, 0.05) is 10.5 Å². The topological polar surface area (TPSA) is 17.1 Å². The second-order valence-electron chi connectivity index (χ2n) is 3.94. The van der Waals surface area contributed by atoms with Crippen molar-refractivity contribution in [3.8, 4) is 0 Å². The maximum atomic E-state index is 11.2. The standard InChI is InChI=1S/C13H13ClOS/c1-9-5-7-10(8-6-9)16-12-4-2-3-11(12)13(14)15/h5-8H,2-4H2,1H3. The van der Waals surface area contributed by atoms with E-state index in [9.17, 15) is 4.79 Å². The number of aryl methyl sites for hydroxylation is 1. The highest BCUT2D eigenvalue weighted by atomic mass is 35.5. The van der Waals surface area contributed by atoms with Gasteiger partial charge in [-0.05, 0) is 54.8 Å². The monoisotopic (exact) mass is 252 g/mol. The van der Waals surface area contributed by atoms with Crippen LogP contribution in [0, 0.1) is 6.92 Å². The first-order valence-corrected chi connectivity index (χ1v) is 6.52. The fraction of sp³-hybridized carbons (Fsp3) is 0.308. The molecule has 84 valence electrons. The highest BCUT2D eigenvalue weighted by Gasteiger charge is 2.19. The Bertz CT molecular complexity index is 434. The minimum atomic E-state index is -0.285. The van der Waals surface area contributed by atoms with Gasteiger partial charge in [0.15, 0.2) is 0 Å². The lowest BCUT2D eigenvalue weighted by molar-refractivity contribution is -0.108. The molecule has 16 heavy (non-hydrogen) atoms. The van der Waals surface area contributed by atoms with Gasteiger partial charge >= 0.3 is 0 Å². The van der Waals surface area contributed by atoms with Crippen LogP contribution in [0.2, 0.25) is 0 Å². The van der Waals surface area contributed by atoms with E-state index >= 15 is 0 Å². The van der Waals surface area contributed by atoms with E-state index in [2.05, 4.69) is 31.2 Å². The summed E-state index contributed by atoms with van der Waals surface area (Å²) in [6.07, 6.45) is 2.85. The average molecular weight is 253 g/mol. The number of carbonyl (C=O) groups excluding carboxylic acids is 1. The molecule has 1 aromatic rings. The number of allylic oxidation sites excluding steroid dienone is 2. The molecular weight excluding hydrogens is 240 g/mol. The minimum absolute atomic E-state index is 0.285. The first-order valence-electron chi connectivity index (χ1n) is 5.33. The van der Waals surface area contributed by atoms with Gasteiger partial charge in [-0.3, -0.25) is 4.79 Å². The number of rotatable bonds is 3. The molecule has 0 unspecified atom stereocenters. The average Bonchev–Trinajstić information content (AvgIpc) is 2.69. The van der Waals surface area contributed by atoms with E-state index in [4.69, 9.17) is 11.6 Å². The predicted molar refractivity (Wildman–Crippen MR) is 68.8 cm³/mol. The maximum Gasteiger partial charge on any atom is 0.249 e. The molecule has 0 amide bonds. The second-order valence-corrected chi connectivity index (χ2v) is 5.46. The molecule has 3 heteroatoms. The van der Waals surface area contributed by atoms with Gasteiger partial charge in [-0.25, -0.2) is 0 Å². The first-order chi connectivity index (χ1) is 7.66. The molecule has 0 saturated heterocycles. The Morgan fingerprint density at radius 1 is 1.25 bits per heavy atom. The van der Waals surface area contributed by atoms with Crippen LogP contribution in [0.15, 0.2) is 39.6 Å². The lowest BCUT2D eigenvalue weighted by Gasteiger charge is -2.04. The fourth-order valence-electron chi connectivity index (χ4n) is 1.79. The summed E-state index contributed by atoms with van der Waals surface area (Å²) in [5.74, 6) is 0. The first kappa shape index (κ1) is 11.7. The molecule has 0 fully saturated rings. The van der Waals surface area contributed by atoms with Crippen molar-refractivity contribution in [2.45, 2.75) is 31.1 Å². The molecular formula is C13H13ClOS. The molecule has 1 aliphatic carbocycles. The van der Waals surface area contributed by atoms with Gasteiger partial charge in [0.1, 0.15) is 0 Å². The van der Waals surface area contributed by atoms with Gasteiger partial charge in [-0.1, -0.05) is 29.5 Å². The minimum Gasteiger partial charge on any atom is -0.276 e. The van der Waals surface area contributed by atoms with Crippen LogP contribution < -0.4 is 0 Å². The zero-order valence-corrected chi connectivity index (χ0v) is 10.7. The van der Waals surface area contributed by atoms with Gasteiger partial charge in [-0.15, -0.1) is 0 Å². The van der Waals surface area contributed by atoms with Crippen LogP contribution in [-0.2, 0) is 4.79 Å². The molecule has 0 atom stereocenters. The summed E-state index contributed by atoms with van der Waals surface area (Å²) in [4.78, 5) is 13.5. The van der Waals surface area contributed by atoms with E-state index in [1.165, 1.54) is 10.5 Å². The van der Waals surface area contributed by atoms with E-state index in [0.717, 1.165) is 29.7 Å². The zero-order valence-electron chi connectivity index (χ0n) is 9.13. The van der Waals surface area contributed by atoms with Crippen molar-refractivity contribution in [3.63, 3.8) is 0 Å². The summed E-state index contributed by atoms with van der Waals surface area (Å²) >= 11 is 7.23. The van der Waals surface area contributed by atoms with Crippen LogP contribution in [0.4, 0.5) is 0 Å². The molecule has 0 saturated carbocycles. The Kier molecular flexibility index (Phi) is 3.72. The number of hydrogen-bond acceptors (Lipinski definition) is 2. The molecule has 0 bridgehead atoms. The maximum absolute atomic E-state index is 11.2. The van der Waals surface area contributed by atoms with E-state index < -0.39 is 0 Å². The highest BCUT2D eigenvalue weighted by Crippen LogP contribution is 2.39. The molecule has 0 aromatic heterocycles. The largest absolute Gasteiger partial charge is 0.276 e. The molecule has 0 heterocycles. The number of halogens is 1. The van der Waals surface area contributed by atoms with Crippen molar-refractivity contribution in [1.82, 2.24) is 0 Å². The van der Waals surface area contributed by atoms with Crippen molar-refractivity contribution in [2.75, 3.05) is 0 Å². The zero-order chi connectivity index (χ0) is 11.5. The van der Waals surface area contributed by atoms with E-state index in [-0.39, 0.29) is 5.24 Å². The third-order valence-electron chi connectivity index (χ3n) is 2.67. The second kappa shape index (κ2) is 5.07. The molecule has 1 nitrogen and oxygen atoms in total. The molecule has 0 radical (unpaired) electrons. The van der Waals surface area contributed by atoms with E-state index in [1.807, 2.05) is 0 Å². The Morgan fingerprint density at radius 3 is 2.56 bits per heavy atom. The normalized spacial score (nSPS) is 15.6. The smallest absolute Gasteiger partial charge is 0.249 e. The van der Waals surface area contributed by atoms with Crippen molar-refractivity contribution < 1.29 is 4.79 Å². The summed E-state index contributed by atoms with van der Waals surface area (Å²) in [7, 11) is 0.